The zero-order chi connectivity index (χ0) is 14.7. The smallest absolute Gasteiger partial charge is 0.328 e. The number of carboxylic acids is 1. The Morgan fingerprint density at radius 3 is 2.90 bits per heavy atom. The van der Waals surface area contributed by atoms with Gasteiger partial charge in [0.15, 0.2) is 0 Å². The Labute approximate surface area is 117 Å². The van der Waals surface area contributed by atoms with E-state index >= 15 is 0 Å². The SMILES string of the molecule is Cc1cc(N2CCNC(=O)C2C)ccc1C=CC(=O)O. The zero-order valence-corrected chi connectivity index (χ0v) is 11.6. The van der Waals surface area contributed by atoms with Gasteiger partial charge in [-0.05, 0) is 43.2 Å². The summed E-state index contributed by atoms with van der Waals surface area (Å²) in [7, 11) is 0. The molecule has 1 saturated heterocycles. The van der Waals surface area contributed by atoms with Gasteiger partial charge < -0.3 is 15.3 Å². The van der Waals surface area contributed by atoms with E-state index in [1.807, 2.05) is 32.0 Å². The molecule has 0 spiro atoms. The third-order valence-electron chi connectivity index (χ3n) is 3.49. The number of anilines is 1. The Morgan fingerprint density at radius 1 is 1.50 bits per heavy atom. The predicted molar refractivity (Wildman–Crippen MR) is 77.7 cm³/mol. The molecule has 1 heterocycles. The minimum atomic E-state index is -0.963. The van der Waals surface area contributed by atoms with Crippen molar-refractivity contribution in [1.29, 1.82) is 0 Å². The molecular formula is C15H18N2O3. The van der Waals surface area contributed by atoms with E-state index in [-0.39, 0.29) is 11.9 Å². The number of piperazine rings is 1. The number of carboxylic acid groups (broad SMARTS) is 1. The highest BCUT2D eigenvalue weighted by Gasteiger charge is 2.25. The molecule has 2 rings (SSSR count). The van der Waals surface area contributed by atoms with Gasteiger partial charge in [0.25, 0.3) is 0 Å². The summed E-state index contributed by atoms with van der Waals surface area (Å²) >= 11 is 0. The lowest BCUT2D eigenvalue weighted by Crippen LogP contribution is -2.54. The Balaban J connectivity index is 2.24. The van der Waals surface area contributed by atoms with Crippen LogP contribution >= 0.6 is 0 Å². The van der Waals surface area contributed by atoms with E-state index in [0.717, 1.165) is 29.4 Å². The first kappa shape index (κ1) is 14.1. The molecule has 1 amide bonds. The lowest BCUT2D eigenvalue weighted by Gasteiger charge is -2.35. The Hall–Kier alpha value is -2.30. The van der Waals surface area contributed by atoms with E-state index in [2.05, 4.69) is 10.2 Å². The molecule has 1 atom stereocenters. The molecule has 20 heavy (non-hydrogen) atoms. The monoisotopic (exact) mass is 274 g/mol. The topological polar surface area (TPSA) is 69.6 Å². The highest BCUT2D eigenvalue weighted by Crippen LogP contribution is 2.23. The third kappa shape index (κ3) is 2.99. The molecule has 1 aliphatic heterocycles. The van der Waals surface area contributed by atoms with Gasteiger partial charge in [-0.2, -0.15) is 0 Å². The lowest BCUT2D eigenvalue weighted by atomic mass is 10.1. The normalized spacial score (nSPS) is 19.2. The zero-order valence-electron chi connectivity index (χ0n) is 11.6. The van der Waals surface area contributed by atoms with Crippen molar-refractivity contribution in [1.82, 2.24) is 5.32 Å². The molecule has 5 heteroatoms. The molecule has 1 aliphatic rings. The number of aryl methyl sites for hydroxylation is 1. The second-order valence-corrected chi connectivity index (χ2v) is 4.87. The average molecular weight is 274 g/mol. The molecule has 106 valence electrons. The van der Waals surface area contributed by atoms with Crippen LogP contribution < -0.4 is 10.2 Å². The molecule has 1 fully saturated rings. The number of nitrogens with one attached hydrogen (secondary N) is 1. The summed E-state index contributed by atoms with van der Waals surface area (Å²) in [4.78, 5) is 24.3. The van der Waals surface area contributed by atoms with E-state index in [1.54, 1.807) is 6.08 Å². The van der Waals surface area contributed by atoms with E-state index < -0.39 is 5.97 Å². The van der Waals surface area contributed by atoms with Crippen LogP contribution in [0.2, 0.25) is 0 Å². The van der Waals surface area contributed by atoms with Crippen molar-refractivity contribution in [3.63, 3.8) is 0 Å². The molecule has 2 N–H and O–H groups in total. The predicted octanol–water partition coefficient (Wildman–Crippen LogP) is 1.42. The van der Waals surface area contributed by atoms with E-state index in [4.69, 9.17) is 5.11 Å². The number of carbonyl (C=O) groups is 2. The van der Waals surface area contributed by atoms with Crippen molar-refractivity contribution in [3.05, 3.63) is 35.4 Å². The number of amides is 1. The number of rotatable bonds is 3. The van der Waals surface area contributed by atoms with Gasteiger partial charge in [-0.25, -0.2) is 4.79 Å². The Bertz CT molecular complexity index is 566. The van der Waals surface area contributed by atoms with Gasteiger partial charge in [-0.3, -0.25) is 4.79 Å². The van der Waals surface area contributed by atoms with Gasteiger partial charge in [-0.1, -0.05) is 6.07 Å². The van der Waals surface area contributed by atoms with Crippen molar-refractivity contribution in [2.45, 2.75) is 19.9 Å². The van der Waals surface area contributed by atoms with Crippen molar-refractivity contribution in [3.8, 4) is 0 Å². The molecule has 0 saturated carbocycles. The van der Waals surface area contributed by atoms with Crippen molar-refractivity contribution < 1.29 is 14.7 Å². The summed E-state index contributed by atoms with van der Waals surface area (Å²) in [6, 6.07) is 5.59. The summed E-state index contributed by atoms with van der Waals surface area (Å²) in [5.41, 5.74) is 2.83. The van der Waals surface area contributed by atoms with Crippen LogP contribution in [0.4, 0.5) is 5.69 Å². The molecule has 1 unspecified atom stereocenters. The summed E-state index contributed by atoms with van der Waals surface area (Å²) in [5, 5.41) is 11.5. The average Bonchev–Trinajstić information content (AvgIpc) is 2.40. The molecule has 0 aromatic heterocycles. The maximum Gasteiger partial charge on any atom is 0.328 e. The first-order valence-corrected chi connectivity index (χ1v) is 6.55. The second kappa shape index (κ2) is 5.77. The Morgan fingerprint density at radius 2 is 2.25 bits per heavy atom. The minimum absolute atomic E-state index is 0.0313. The van der Waals surface area contributed by atoms with Gasteiger partial charge in [0.1, 0.15) is 6.04 Å². The van der Waals surface area contributed by atoms with Gasteiger partial charge in [0, 0.05) is 24.9 Å². The summed E-state index contributed by atoms with van der Waals surface area (Å²) in [6.07, 6.45) is 2.70. The molecule has 1 aromatic carbocycles. The van der Waals surface area contributed by atoms with Gasteiger partial charge in [-0.15, -0.1) is 0 Å². The van der Waals surface area contributed by atoms with Crippen LogP contribution in [0, 0.1) is 6.92 Å². The van der Waals surface area contributed by atoms with Crippen LogP contribution in [0.15, 0.2) is 24.3 Å². The molecule has 0 aliphatic carbocycles. The number of nitrogens with zero attached hydrogens (tertiary/aromatic N) is 1. The van der Waals surface area contributed by atoms with Crippen molar-refractivity contribution in [2.24, 2.45) is 0 Å². The summed E-state index contributed by atoms with van der Waals surface area (Å²) in [6.45, 7) is 5.22. The number of hydrogen-bond donors (Lipinski definition) is 2. The standard InChI is InChI=1S/C15H18N2O3/c1-10-9-13(5-3-12(10)4-6-14(18)19)17-8-7-16-15(20)11(17)2/h3-6,9,11H,7-8H2,1-2H3,(H,16,20)(H,18,19). The molecule has 5 nitrogen and oxygen atoms in total. The highest BCUT2D eigenvalue weighted by molar-refractivity contribution is 5.87. The maximum absolute atomic E-state index is 11.7. The fraction of sp³-hybridized carbons (Fsp3) is 0.333. The van der Waals surface area contributed by atoms with Crippen molar-refractivity contribution >= 4 is 23.6 Å². The number of hydrogen-bond acceptors (Lipinski definition) is 3. The second-order valence-electron chi connectivity index (χ2n) is 4.87. The van der Waals surface area contributed by atoms with Crippen molar-refractivity contribution in [2.75, 3.05) is 18.0 Å². The lowest BCUT2D eigenvalue weighted by molar-refractivity contribution is -0.131. The number of benzene rings is 1. The van der Waals surface area contributed by atoms with E-state index in [9.17, 15) is 9.59 Å². The molecule has 0 bridgehead atoms. The summed E-state index contributed by atoms with van der Waals surface area (Å²) in [5.74, 6) is -0.932. The van der Waals surface area contributed by atoms with E-state index in [1.165, 1.54) is 0 Å². The van der Waals surface area contributed by atoms with Gasteiger partial charge in [0.05, 0.1) is 0 Å². The quantitative estimate of drug-likeness (QED) is 0.818. The molecule has 0 radical (unpaired) electrons. The fourth-order valence-corrected chi connectivity index (χ4v) is 2.32. The van der Waals surface area contributed by atoms with E-state index in [0.29, 0.717) is 6.54 Å². The largest absolute Gasteiger partial charge is 0.478 e. The fourth-order valence-electron chi connectivity index (χ4n) is 2.32. The Kier molecular flexibility index (Phi) is 4.08. The van der Waals surface area contributed by atoms with Crippen LogP contribution in [0.5, 0.6) is 0 Å². The first-order chi connectivity index (χ1) is 9.49. The van der Waals surface area contributed by atoms with Crippen LogP contribution in [0.1, 0.15) is 18.1 Å². The highest BCUT2D eigenvalue weighted by atomic mass is 16.4. The third-order valence-corrected chi connectivity index (χ3v) is 3.49. The summed E-state index contributed by atoms with van der Waals surface area (Å²) < 4.78 is 0. The van der Waals surface area contributed by atoms with Gasteiger partial charge in [0.2, 0.25) is 5.91 Å². The first-order valence-electron chi connectivity index (χ1n) is 6.55. The van der Waals surface area contributed by atoms with Gasteiger partial charge >= 0.3 is 5.97 Å². The maximum atomic E-state index is 11.7. The van der Waals surface area contributed by atoms with Crippen LogP contribution in [-0.4, -0.2) is 36.1 Å². The molecular weight excluding hydrogens is 256 g/mol. The van der Waals surface area contributed by atoms with Crippen LogP contribution in [-0.2, 0) is 9.59 Å². The molecule has 1 aromatic rings. The minimum Gasteiger partial charge on any atom is -0.478 e. The number of aliphatic carboxylic acids is 1. The van der Waals surface area contributed by atoms with Crippen LogP contribution in [0.3, 0.4) is 0 Å². The van der Waals surface area contributed by atoms with Crippen LogP contribution in [0.25, 0.3) is 6.08 Å². The number of carbonyl (C=O) groups excluding carboxylic acids is 1.